The molecule has 0 saturated carbocycles. The van der Waals surface area contributed by atoms with Gasteiger partial charge in [-0.3, -0.25) is 15.0 Å². The van der Waals surface area contributed by atoms with Gasteiger partial charge in [0.25, 0.3) is 0 Å². The molecule has 226 valence electrons. The van der Waals surface area contributed by atoms with Crippen molar-refractivity contribution in [3.63, 3.8) is 0 Å². The van der Waals surface area contributed by atoms with Crippen LogP contribution in [0.4, 0.5) is 0 Å². The number of nitrogens with zero attached hydrogens (tertiary/aromatic N) is 1. The summed E-state index contributed by atoms with van der Waals surface area (Å²) in [7, 11) is 1.75. The number of nitrogens with one attached hydrogen (secondary N) is 3. The second-order valence-electron chi connectivity index (χ2n) is 9.83. The lowest BCUT2D eigenvalue weighted by molar-refractivity contribution is -0.137. The van der Waals surface area contributed by atoms with Crippen LogP contribution in [0.3, 0.4) is 0 Å². The highest BCUT2D eigenvalue weighted by Gasteiger charge is 2.40. The Morgan fingerprint density at radius 1 is 1.14 bits per heavy atom. The predicted octanol–water partition coefficient (Wildman–Crippen LogP) is 4.18. The minimum atomic E-state index is -0.420. The Morgan fingerprint density at radius 3 is 2.45 bits per heavy atom. The Labute approximate surface area is 253 Å². The number of para-hydroxylation sites is 1. The first-order valence-corrected chi connectivity index (χ1v) is 14.9. The molecule has 1 aliphatic rings. The van der Waals surface area contributed by atoms with Gasteiger partial charge in [-0.25, -0.2) is 0 Å². The molecule has 0 bridgehead atoms. The molecule has 10 heteroatoms. The second-order valence-corrected chi connectivity index (χ2v) is 10.8. The molecule has 0 aliphatic carbocycles. The van der Waals surface area contributed by atoms with Crippen molar-refractivity contribution in [1.82, 2.24) is 15.5 Å². The molecule has 2 aromatic carbocycles. The average molecular weight is 594 g/mol. The molecule has 2 amide bonds. The van der Waals surface area contributed by atoms with Crippen LogP contribution in [0.25, 0.3) is 0 Å². The van der Waals surface area contributed by atoms with Gasteiger partial charge >= 0.3 is 0 Å². The average Bonchev–Trinajstić information content (AvgIpc) is 3.62. The third-order valence-corrected chi connectivity index (χ3v) is 7.63. The molecule has 0 radical (unpaired) electrons. The van der Waals surface area contributed by atoms with Gasteiger partial charge in [0.1, 0.15) is 18.1 Å². The lowest BCUT2D eigenvalue weighted by Crippen LogP contribution is -2.47. The van der Waals surface area contributed by atoms with Crippen LogP contribution in [0.5, 0.6) is 5.75 Å². The largest absolute Gasteiger partial charge is 0.494 e. The number of hydrogen-bond acceptors (Lipinski definition) is 7. The number of ether oxygens (including phenoxy) is 1. The molecular weight excluding hydrogens is 550 g/mol. The number of rotatable bonds is 11. The third kappa shape index (κ3) is 11.5. The highest BCUT2D eigenvalue weighted by atomic mass is 32.1. The Balaban J connectivity index is 0.000000342. The van der Waals surface area contributed by atoms with Gasteiger partial charge in [-0.15, -0.1) is 11.3 Å². The maximum atomic E-state index is 12.9. The van der Waals surface area contributed by atoms with Crippen molar-refractivity contribution in [2.45, 2.75) is 51.6 Å². The number of aldehydes is 1. The molecule has 2 atom stereocenters. The molecule has 3 aromatic rings. The third-order valence-electron chi connectivity index (χ3n) is 6.58. The number of likely N-dealkylation sites (tertiary alicyclic amines) is 1. The molecular formula is C32H43N5O4S. The number of unbranched alkanes of at least 4 members (excludes halogenated alkanes) is 1. The second kappa shape index (κ2) is 19.2. The zero-order chi connectivity index (χ0) is 30.7. The fraction of sp³-hybridized carbons (Fsp3) is 0.375. The number of amides is 2. The summed E-state index contributed by atoms with van der Waals surface area (Å²) in [6.07, 6.45) is 3.69. The van der Waals surface area contributed by atoms with E-state index in [9.17, 15) is 14.4 Å². The first kappa shape index (κ1) is 34.2. The molecule has 1 fully saturated rings. The van der Waals surface area contributed by atoms with Crippen LogP contribution in [0.2, 0.25) is 0 Å². The predicted molar refractivity (Wildman–Crippen MR) is 169 cm³/mol. The van der Waals surface area contributed by atoms with Gasteiger partial charge in [0.05, 0.1) is 26.0 Å². The van der Waals surface area contributed by atoms with Gasteiger partial charge in [-0.1, -0.05) is 42.5 Å². The molecule has 1 saturated heterocycles. The number of hydrogen-bond donors (Lipinski definition) is 4. The van der Waals surface area contributed by atoms with Crippen LogP contribution < -0.4 is 21.1 Å². The summed E-state index contributed by atoms with van der Waals surface area (Å²) in [6.45, 7) is 6.08. The highest BCUT2D eigenvalue weighted by Crippen LogP contribution is 2.33. The Morgan fingerprint density at radius 2 is 1.83 bits per heavy atom. The molecule has 1 aromatic heterocycles. The van der Waals surface area contributed by atoms with E-state index >= 15 is 0 Å². The molecule has 9 nitrogen and oxygen atoms in total. The number of carbonyl (C=O) groups is 3. The maximum Gasteiger partial charge on any atom is 0.243 e. The van der Waals surface area contributed by atoms with E-state index in [1.165, 1.54) is 16.7 Å². The van der Waals surface area contributed by atoms with Crippen molar-refractivity contribution in [1.29, 1.82) is 5.41 Å². The van der Waals surface area contributed by atoms with Crippen LogP contribution in [-0.4, -0.2) is 62.1 Å². The summed E-state index contributed by atoms with van der Waals surface area (Å²) in [4.78, 5) is 38.3. The molecule has 2 unspecified atom stereocenters. The number of nitrogens with two attached hydrogens (primary N) is 1. The number of likely N-dealkylation sites (N-methyl/N-ethyl adjacent to an activating group) is 1. The summed E-state index contributed by atoms with van der Waals surface area (Å²) >= 11 is 1.64. The van der Waals surface area contributed by atoms with Crippen molar-refractivity contribution in [2.24, 2.45) is 5.73 Å². The summed E-state index contributed by atoms with van der Waals surface area (Å²) in [6, 6.07) is 19.5. The first-order valence-electron chi connectivity index (χ1n) is 14.0. The van der Waals surface area contributed by atoms with Crippen molar-refractivity contribution in [3.05, 3.63) is 87.6 Å². The SMILES string of the molecule is CNCC(=O)N1CC(c2ccccc2C)CC1C(=O)NCc1cc(C)cs1.N=CN.O=CCCCOc1ccccc1. The van der Waals surface area contributed by atoms with Crippen molar-refractivity contribution in [2.75, 3.05) is 26.7 Å². The lowest BCUT2D eigenvalue weighted by Gasteiger charge is -2.23. The first-order chi connectivity index (χ1) is 20.3. The molecule has 42 heavy (non-hydrogen) atoms. The summed E-state index contributed by atoms with van der Waals surface area (Å²) in [5.74, 6) is 0.956. The van der Waals surface area contributed by atoms with Gasteiger partial charge < -0.3 is 30.8 Å². The van der Waals surface area contributed by atoms with E-state index in [1.807, 2.05) is 49.4 Å². The van der Waals surface area contributed by atoms with E-state index < -0.39 is 6.04 Å². The number of benzene rings is 2. The Hall–Kier alpha value is -4.02. The normalized spacial score (nSPS) is 15.4. The van der Waals surface area contributed by atoms with E-state index in [-0.39, 0.29) is 24.3 Å². The fourth-order valence-electron chi connectivity index (χ4n) is 4.63. The fourth-order valence-corrected chi connectivity index (χ4v) is 5.45. The van der Waals surface area contributed by atoms with E-state index in [0.717, 1.165) is 29.7 Å². The van der Waals surface area contributed by atoms with Gasteiger partial charge in [0.15, 0.2) is 0 Å². The Bertz CT molecular complexity index is 1250. The maximum absolute atomic E-state index is 12.9. The van der Waals surface area contributed by atoms with Gasteiger partial charge in [-0.2, -0.15) is 0 Å². The van der Waals surface area contributed by atoms with E-state index in [4.69, 9.17) is 10.1 Å². The summed E-state index contributed by atoms with van der Waals surface area (Å²) < 4.78 is 5.35. The summed E-state index contributed by atoms with van der Waals surface area (Å²) in [5.41, 5.74) is 8.03. The summed E-state index contributed by atoms with van der Waals surface area (Å²) in [5, 5.41) is 13.9. The minimum Gasteiger partial charge on any atom is -0.494 e. The topological polar surface area (TPSA) is 138 Å². The Kier molecular flexibility index (Phi) is 15.6. The quantitative estimate of drug-likeness (QED) is 0.114. The number of thiophene rings is 1. The van der Waals surface area contributed by atoms with Crippen LogP contribution in [0, 0.1) is 19.3 Å². The number of aryl methyl sites for hydroxylation is 2. The van der Waals surface area contributed by atoms with Crippen molar-refractivity contribution < 1.29 is 19.1 Å². The molecule has 4 rings (SSSR count). The lowest BCUT2D eigenvalue weighted by atomic mass is 9.92. The monoisotopic (exact) mass is 593 g/mol. The highest BCUT2D eigenvalue weighted by molar-refractivity contribution is 7.10. The molecule has 5 N–H and O–H groups in total. The molecule has 1 aliphatic heterocycles. The number of carbonyl (C=O) groups excluding carboxylic acids is 3. The van der Waals surface area contributed by atoms with Crippen LogP contribution >= 0.6 is 11.3 Å². The van der Waals surface area contributed by atoms with Crippen LogP contribution in [0.1, 0.15) is 46.7 Å². The van der Waals surface area contributed by atoms with Crippen molar-refractivity contribution in [3.8, 4) is 5.75 Å². The van der Waals surface area contributed by atoms with Crippen molar-refractivity contribution >= 4 is 35.8 Å². The minimum absolute atomic E-state index is 0.0271. The van der Waals surface area contributed by atoms with Gasteiger partial charge in [0.2, 0.25) is 11.8 Å². The van der Waals surface area contributed by atoms with E-state index in [0.29, 0.717) is 32.5 Å². The van der Waals surface area contributed by atoms with E-state index in [1.54, 1.807) is 23.3 Å². The van der Waals surface area contributed by atoms with Gasteiger partial charge in [-0.05, 0) is 74.0 Å². The standard InChI is InChI=1S/C21H27N3O2S.C10H12O2.CH4N2/c1-14-8-17(27-13-14)10-23-21(26)19-9-16(12-24(19)20(25)11-22-3)18-7-5-4-6-15(18)2;11-8-4-5-9-12-10-6-2-1-3-7-10;2-1-3/h4-8,13,16,19,22H,9-12H2,1-3H3,(H,23,26);1-3,6-8H,4-5,9H2;1H,(H3,2,3). The van der Waals surface area contributed by atoms with Crippen LogP contribution in [0.15, 0.2) is 66.0 Å². The zero-order valence-corrected chi connectivity index (χ0v) is 25.5. The van der Waals surface area contributed by atoms with Crippen LogP contribution in [-0.2, 0) is 20.9 Å². The molecule has 0 spiro atoms. The zero-order valence-electron chi connectivity index (χ0n) is 24.7. The smallest absolute Gasteiger partial charge is 0.243 e. The van der Waals surface area contributed by atoms with Gasteiger partial charge in [0, 0.05) is 23.8 Å². The molecule has 2 heterocycles. The van der Waals surface area contributed by atoms with E-state index in [2.05, 4.69) is 46.9 Å².